The fourth-order valence-electron chi connectivity index (χ4n) is 1.81. The van der Waals surface area contributed by atoms with E-state index in [-0.39, 0.29) is 21.1 Å². The van der Waals surface area contributed by atoms with Gasteiger partial charge in [0.05, 0.1) is 0 Å². The molecule has 2 aromatic rings. The molecule has 0 saturated heterocycles. The third-order valence-electron chi connectivity index (χ3n) is 3.02. The van der Waals surface area contributed by atoms with Crippen LogP contribution in [0, 0.1) is 39.5 Å². The van der Waals surface area contributed by atoms with E-state index in [1.807, 2.05) is 60.7 Å². The molecular weight excluding hydrogens is 459 g/mol. The van der Waals surface area contributed by atoms with E-state index in [4.69, 9.17) is 0 Å². The molecule has 0 heterocycles. The van der Waals surface area contributed by atoms with Crippen molar-refractivity contribution in [3.63, 3.8) is 0 Å². The van der Waals surface area contributed by atoms with Crippen molar-refractivity contribution in [3.05, 3.63) is 111 Å². The molecule has 1 aliphatic carbocycles. The van der Waals surface area contributed by atoms with E-state index in [9.17, 15) is 0 Å². The quantitative estimate of drug-likeness (QED) is 0.395. The van der Waals surface area contributed by atoms with Gasteiger partial charge in [-0.1, -0.05) is 12.1 Å². The van der Waals surface area contributed by atoms with Crippen molar-refractivity contribution < 1.29 is 21.1 Å². The third-order valence-corrected chi connectivity index (χ3v) is 3.02. The van der Waals surface area contributed by atoms with E-state index in [1.54, 1.807) is 0 Å². The minimum absolute atomic E-state index is 0. The summed E-state index contributed by atoms with van der Waals surface area (Å²) in [6, 6.07) is 19.7. The van der Waals surface area contributed by atoms with Crippen LogP contribution < -0.4 is 0 Å². The summed E-state index contributed by atoms with van der Waals surface area (Å²) >= 11 is 0. The van der Waals surface area contributed by atoms with Crippen LogP contribution in [0.15, 0.2) is 60.7 Å². The van der Waals surface area contributed by atoms with Crippen molar-refractivity contribution in [1.82, 2.24) is 0 Å². The minimum Gasteiger partial charge on any atom is -0.199 e. The van der Waals surface area contributed by atoms with Gasteiger partial charge < -0.3 is 0 Å². The van der Waals surface area contributed by atoms with E-state index in [0.29, 0.717) is 0 Å². The maximum atomic E-state index is 3.72. The molecule has 1 saturated carbocycles. The van der Waals surface area contributed by atoms with Gasteiger partial charge in [0.15, 0.2) is 0 Å². The zero-order chi connectivity index (χ0) is 15.9. The molecule has 0 amide bonds. The second-order valence-electron chi connectivity index (χ2n) is 5.07. The van der Waals surface area contributed by atoms with Gasteiger partial charge in [-0.15, -0.1) is 24.3 Å². The van der Waals surface area contributed by atoms with Gasteiger partial charge in [0.2, 0.25) is 0 Å². The molecule has 3 rings (SSSR count). The van der Waals surface area contributed by atoms with Crippen LogP contribution in [0.4, 0.5) is 0 Å². The fraction of sp³-hybridized carbons (Fsp3) is 0.182. The first-order chi connectivity index (χ1) is 10.8. The Labute approximate surface area is 158 Å². The molecule has 124 valence electrons. The molecule has 0 atom stereocenters. The van der Waals surface area contributed by atoms with Crippen LogP contribution in [0.5, 0.6) is 0 Å². The van der Waals surface area contributed by atoms with Gasteiger partial charge in [-0.2, -0.15) is 49.2 Å². The molecule has 4 radical (unpaired) electrons. The molecule has 0 N–H and O–H groups in total. The Morgan fingerprint density at radius 1 is 0.478 bits per heavy atom. The van der Waals surface area contributed by atoms with Gasteiger partial charge in [-0.05, 0) is 51.4 Å². The summed E-state index contributed by atoms with van der Waals surface area (Å²) in [5.74, 6) is 0. The maximum Gasteiger partial charge on any atom is 2.00 e. The Hall–Kier alpha value is -1.13. The topological polar surface area (TPSA) is 0 Å². The molecule has 23 heavy (non-hydrogen) atoms. The number of hydrogen-bond acceptors (Lipinski definition) is 0. The average Bonchev–Trinajstić information content (AvgIpc) is 2.49. The van der Waals surface area contributed by atoms with Crippen molar-refractivity contribution in [2.24, 2.45) is 0 Å². The van der Waals surface area contributed by atoms with Gasteiger partial charge in [0.25, 0.3) is 0 Å². The molecule has 1 heteroatoms. The van der Waals surface area contributed by atoms with Crippen LogP contribution in [0.25, 0.3) is 0 Å². The molecule has 1 fully saturated rings. The first kappa shape index (κ1) is 21.9. The Bertz CT molecular complexity index is 388. The zero-order valence-corrected chi connectivity index (χ0v) is 15.9. The summed E-state index contributed by atoms with van der Waals surface area (Å²) in [5, 5.41) is 0. The van der Waals surface area contributed by atoms with Crippen LogP contribution >= 0.6 is 0 Å². The number of hydrogen-bond donors (Lipinski definition) is 0. The fourth-order valence-corrected chi connectivity index (χ4v) is 1.81. The van der Waals surface area contributed by atoms with Crippen molar-refractivity contribution in [2.45, 2.75) is 25.7 Å². The number of benzene rings is 2. The molecule has 0 unspecified atom stereocenters. The molecule has 0 spiro atoms. The normalized spacial score (nSPS) is 13.6. The summed E-state index contributed by atoms with van der Waals surface area (Å²) in [4.78, 5) is 0. The Kier molecular flexibility index (Phi) is 15.0. The molecule has 0 bridgehead atoms. The zero-order valence-electron chi connectivity index (χ0n) is 13.6. The second-order valence-corrected chi connectivity index (χ2v) is 5.07. The molecule has 0 aliphatic heterocycles. The Morgan fingerprint density at radius 2 is 0.739 bits per heavy atom. The molecule has 2 aromatic carbocycles. The molecule has 0 aromatic heterocycles. The first-order valence-electron chi connectivity index (χ1n) is 7.83. The van der Waals surface area contributed by atoms with Crippen molar-refractivity contribution in [3.8, 4) is 0 Å². The van der Waals surface area contributed by atoms with Crippen molar-refractivity contribution in [2.75, 3.05) is 0 Å². The first-order valence-corrected chi connectivity index (χ1v) is 7.83. The van der Waals surface area contributed by atoms with Crippen LogP contribution in [0.3, 0.4) is 0 Å². The van der Waals surface area contributed by atoms with Crippen LogP contribution in [-0.4, -0.2) is 0 Å². The Morgan fingerprint density at radius 3 is 0.913 bits per heavy atom. The van der Waals surface area contributed by atoms with Gasteiger partial charge in [0, 0.05) is 0 Å². The predicted molar refractivity (Wildman–Crippen MR) is 97.5 cm³/mol. The van der Waals surface area contributed by atoms with Crippen molar-refractivity contribution >= 4 is 0 Å². The van der Waals surface area contributed by atoms with Gasteiger partial charge in [-0.3, -0.25) is 0 Å². The number of rotatable bonds is 0. The van der Waals surface area contributed by atoms with E-state index >= 15 is 0 Å². The summed E-state index contributed by atoms with van der Waals surface area (Å²) in [5.41, 5.74) is 2.14. The largest absolute Gasteiger partial charge is 2.00 e. The third kappa shape index (κ3) is 14.2. The predicted octanol–water partition coefficient (Wildman–Crippen LogP) is 6.11. The maximum absolute atomic E-state index is 3.72. The van der Waals surface area contributed by atoms with E-state index in [2.05, 4.69) is 39.5 Å². The van der Waals surface area contributed by atoms with Gasteiger partial charge >= 0.3 is 21.1 Å². The Balaban J connectivity index is 0.000000310. The summed E-state index contributed by atoms with van der Waals surface area (Å²) in [6.45, 7) is 7.44. The average molecular weight is 486 g/mol. The molecular formula is C22H26Pt. The second kappa shape index (κ2) is 15.8. The monoisotopic (exact) mass is 485 g/mol. The standard InChI is InChI=1S/C8H12.2C7H7.Pt/c1-2-4-6-8-7-5-3-1;2*1-7-5-3-2-4-6-7;/h1-2,7-8H,3-6H2;2*2-6H,1H2;/q;2*-1;+2. The van der Waals surface area contributed by atoms with Gasteiger partial charge in [-0.25, -0.2) is 0 Å². The van der Waals surface area contributed by atoms with E-state index in [0.717, 1.165) is 11.1 Å². The van der Waals surface area contributed by atoms with Crippen LogP contribution in [0.2, 0.25) is 0 Å². The summed E-state index contributed by atoms with van der Waals surface area (Å²) < 4.78 is 0. The molecule has 1 aliphatic rings. The van der Waals surface area contributed by atoms with Crippen molar-refractivity contribution in [1.29, 1.82) is 0 Å². The SMILES string of the molecule is [CH2-]c1ccccc1.[CH2-]c1ccccc1.[CH]1[CH]CC[CH][CH]CC1.[Pt+2]. The van der Waals surface area contributed by atoms with Crippen LogP contribution in [0.1, 0.15) is 36.8 Å². The van der Waals surface area contributed by atoms with E-state index in [1.165, 1.54) is 25.7 Å². The van der Waals surface area contributed by atoms with Crippen LogP contribution in [-0.2, 0) is 21.1 Å². The van der Waals surface area contributed by atoms with E-state index < -0.39 is 0 Å². The summed E-state index contributed by atoms with van der Waals surface area (Å²) in [7, 11) is 0. The van der Waals surface area contributed by atoms with Gasteiger partial charge in [0.1, 0.15) is 0 Å². The molecule has 0 nitrogen and oxygen atoms in total. The summed E-state index contributed by atoms with van der Waals surface area (Å²) in [6.07, 6.45) is 14.0. The smallest absolute Gasteiger partial charge is 0.199 e. The minimum atomic E-state index is 0.